The molecule has 1 aliphatic carbocycles. The van der Waals surface area contributed by atoms with Crippen molar-refractivity contribution in [1.29, 1.82) is 0 Å². The van der Waals surface area contributed by atoms with Gasteiger partial charge in [-0.3, -0.25) is 0 Å². The van der Waals surface area contributed by atoms with Gasteiger partial charge in [0.05, 0.1) is 0 Å². The van der Waals surface area contributed by atoms with Gasteiger partial charge in [0.2, 0.25) is 0 Å². The van der Waals surface area contributed by atoms with E-state index in [1.165, 1.54) is 25.7 Å². The van der Waals surface area contributed by atoms with Crippen molar-refractivity contribution in [3.63, 3.8) is 0 Å². The summed E-state index contributed by atoms with van der Waals surface area (Å²) in [5, 5.41) is 0. The Morgan fingerprint density at radius 1 is 1.46 bits per heavy atom. The lowest BCUT2D eigenvalue weighted by Crippen LogP contribution is -2.26. The third-order valence-electron chi connectivity index (χ3n) is 3.20. The summed E-state index contributed by atoms with van der Waals surface area (Å²) in [7, 11) is 0. The highest BCUT2D eigenvalue weighted by Gasteiger charge is 2.20. The molecular formula is C12H23N. The van der Waals surface area contributed by atoms with Crippen LogP contribution in [0.15, 0.2) is 11.6 Å². The smallest absolute Gasteiger partial charge is 0.0229 e. The van der Waals surface area contributed by atoms with Crippen molar-refractivity contribution in [2.75, 3.05) is 0 Å². The maximum Gasteiger partial charge on any atom is 0.0229 e. The van der Waals surface area contributed by atoms with Crippen molar-refractivity contribution in [2.24, 2.45) is 17.6 Å². The van der Waals surface area contributed by atoms with Crippen molar-refractivity contribution in [3.8, 4) is 0 Å². The quantitative estimate of drug-likeness (QED) is 0.665. The molecule has 0 saturated carbocycles. The first-order valence-corrected chi connectivity index (χ1v) is 5.63. The Balaban J connectivity index is 2.66. The van der Waals surface area contributed by atoms with Crippen molar-refractivity contribution in [1.82, 2.24) is 0 Å². The topological polar surface area (TPSA) is 26.0 Å². The highest BCUT2D eigenvalue weighted by atomic mass is 14.6. The number of allylic oxidation sites excluding steroid dienone is 1. The normalized spacial score (nSPS) is 29.2. The minimum Gasteiger partial charge on any atom is -0.324 e. The fourth-order valence-corrected chi connectivity index (χ4v) is 2.48. The minimum atomic E-state index is 0.319. The van der Waals surface area contributed by atoms with E-state index in [1.807, 2.05) is 0 Å². The van der Waals surface area contributed by atoms with Crippen molar-refractivity contribution in [2.45, 2.75) is 52.5 Å². The van der Waals surface area contributed by atoms with E-state index in [4.69, 9.17) is 5.73 Å². The van der Waals surface area contributed by atoms with Crippen LogP contribution in [-0.2, 0) is 0 Å². The number of hydrogen-bond acceptors (Lipinski definition) is 1. The molecule has 0 heterocycles. The van der Waals surface area contributed by atoms with Crippen LogP contribution in [0.4, 0.5) is 0 Å². The van der Waals surface area contributed by atoms with Gasteiger partial charge in [-0.1, -0.05) is 32.4 Å². The molecule has 0 saturated heterocycles. The minimum absolute atomic E-state index is 0.319. The van der Waals surface area contributed by atoms with Crippen LogP contribution in [0.2, 0.25) is 0 Å². The van der Waals surface area contributed by atoms with Crippen molar-refractivity contribution in [3.05, 3.63) is 11.6 Å². The monoisotopic (exact) mass is 181 g/mol. The molecule has 2 unspecified atom stereocenters. The van der Waals surface area contributed by atoms with Gasteiger partial charge in [0.15, 0.2) is 0 Å². The molecule has 0 spiro atoms. The van der Waals surface area contributed by atoms with Crippen LogP contribution in [0.3, 0.4) is 0 Å². The Hall–Kier alpha value is -0.300. The van der Waals surface area contributed by atoms with E-state index >= 15 is 0 Å². The summed E-state index contributed by atoms with van der Waals surface area (Å²) in [6, 6.07) is 0.319. The SMILES string of the molecule is CCC(CC)C1=CC(N)CC(C)C1. The molecule has 0 radical (unpaired) electrons. The molecule has 2 N–H and O–H groups in total. The molecule has 0 fully saturated rings. The lowest BCUT2D eigenvalue weighted by molar-refractivity contribution is 0.424. The van der Waals surface area contributed by atoms with Gasteiger partial charge < -0.3 is 5.73 Å². The first-order chi connectivity index (χ1) is 6.17. The average molecular weight is 181 g/mol. The van der Waals surface area contributed by atoms with E-state index in [1.54, 1.807) is 5.57 Å². The predicted molar refractivity (Wildman–Crippen MR) is 58.5 cm³/mol. The summed E-state index contributed by atoms with van der Waals surface area (Å²) in [6.45, 7) is 6.87. The molecule has 1 heteroatoms. The van der Waals surface area contributed by atoms with Crippen LogP contribution >= 0.6 is 0 Å². The maximum absolute atomic E-state index is 5.99. The van der Waals surface area contributed by atoms with Crippen LogP contribution in [-0.4, -0.2) is 6.04 Å². The fourth-order valence-electron chi connectivity index (χ4n) is 2.48. The Labute approximate surface area is 82.4 Å². The number of rotatable bonds is 3. The third-order valence-corrected chi connectivity index (χ3v) is 3.20. The van der Waals surface area contributed by atoms with E-state index < -0.39 is 0 Å². The molecule has 0 aromatic carbocycles. The number of hydrogen-bond donors (Lipinski definition) is 1. The molecule has 1 rings (SSSR count). The van der Waals surface area contributed by atoms with Gasteiger partial charge in [0.1, 0.15) is 0 Å². The standard InChI is InChI=1S/C12H23N/c1-4-10(5-2)11-6-9(3)7-12(13)8-11/h8-10,12H,4-7,13H2,1-3H3. The van der Waals surface area contributed by atoms with E-state index in [0.717, 1.165) is 11.8 Å². The van der Waals surface area contributed by atoms with E-state index in [0.29, 0.717) is 6.04 Å². The summed E-state index contributed by atoms with van der Waals surface area (Å²) >= 11 is 0. The van der Waals surface area contributed by atoms with Gasteiger partial charge in [0.25, 0.3) is 0 Å². The molecule has 1 nitrogen and oxygen atoms in total. The van der Waals surface area contributed by atoms with Crippen LogP contribution in [0.25, 0.3) is 0 Å². The summed E-state index contributed by atoms with van der Waals surface area (Å²) in [5.41, 5.74) is 7.61. The zero-order valence-electron chi connectivity index (χ0n) is 9.22. The summed E-state index contributed by atoms with van der Waals surface area (Å²) in [5.74, 6) is 1.57. The van der Waals surface area contributed by atoms with Crippen LogP contribution < -0.4 is 5.73 Å². The zero-order chi connectivity index (χ0) is 9.84. The van der Waals surface area contributed by atoms with Crippen LogP contribution in [0.5, 0.6) is 0 Å². The lowest BCUT2D eigenvalue weighted by atomic mass is 9.80. The Kier molecular flexibility index (Phi) is 3.98. The van der Waals surface area contributed by atoms with Gasteiger partial charge in [-0.15, -0.1) is 0 Å². The maximum atomic E-state index is 5.99. The van der Waals surface area contributed by atoms with E-state index in [2.05, 4.69) is 26.8 Å². The highest BCUT2D eigenvalue weighted by molar-refractivity contribution is 5.14. The molecule has 13 heavy (non-hydrogen) atoms. The van der Waals surface area contributed by atoms with Gasteiger partial charge >= 0.3 is 0 Å². The zero-order valence-corrected chi connectivity index (χ0v) is 9.22. The van der Waals surface area contributed by atoms with Gasteiger partial charge in [-0.25, -0.2) is 0 Å². The van der Waals surface area contributed by atoms with Gasteiger partial charge in [-0.05, 0) is 37.5 Å². The summed E-state index contributed by atoms with van der Waals surface area (Å²) < 4.78 is 0. The molecule has 0 bridgehead atoms. The molecule has 0 amide bonds. The van der Waals surface area contributed by atoms with Gasteiger partial charge in [-0.2, -0.15) is 0 Å². The van der Waals surface area contributed by atoms with E-state index in [9.17, 15) is 0 Å². The second kappa shape index (κ2) is 4.80. The largest absolute Gasteiger partial charge is 0.324 e. The molecule has 0 aromatic rings. The molecule has 0 aliphatic heterocycles. The highest BCUT2D eigenvalue weighted by Crippen LogP contribution is 2.31. The summed E-state index contributed by atoms with van der Waals surface area (Å²) in [6.07, 6.45) is 7.30. The second-order valence-corrected chi connectivity index (χ2v) is 4.46. The molecule has 1 aliphatic rings. The third kappa shape index (κ3) is 2.84. The van der Waals surface area contributed by atoms with Crippen molar-refractivity contribution < 1.29 is 0 Å². The molecular weight excluding hydrogens is 158 g/mol. The average Bonchev–Trinajstić information content (AvgIpc) is 2.04. The van der Waals surface area contributed by atoms with Crippen LogP contribution in [0, 0.1) is 11.8 Å². The summed E-state index contributed by atoms with van der Waals surface area (Å²) in [4.78, 5) is 0. The Morgan fingerprint density at radius 2 is 2.08 bits per heavy atom. The van der Waals surface area contributed by atoms with Gasteiger partial charge in [0, 0.05) is 6.04 Å². The molecule has 76 valence electrons. The predicted octanol–water partition coefficient (Wildman–Crippen LogP) is 3.11. The Bertz CT molecular complexity index is 180. The first kappa shape index (κ1) is 10.8. The van der Waals surface area contributed by atoms with Crippen molar-refractivity contribution >= 4 is 0 Å². The first-order valence-electron chi connectivity index (χ1n) is 5.63. The Morgan fingerprint density at radius 3 is 2.54 bits per heavy atom. The van der Waals surface area contributed by atoms with Crippen LogP contribution in [0.1, 0.15) is 46.5 Å². The second-order valence-electron chi connectivity index (χ2n) is 4.46. The fraction of sp³-hybridized carbons (Fsp3) is 0.833. The molecule has 2 atom stereocenters. The molecule has 0 aromatic heterocycles. The lowest BCUT2D eigenvalue weighted by Gasteiger charge is -2.28. The number of nitrogens with two attached hydrogens (primary N) is 1. The van der Waals surface area contributed by atoms with E-state index in [-0.39, 0.29) is 0 Å².